The first kappa shape index (κ1) is 17.9. The van der Waals surface area contributed by atoms with E-state index in [2.05, 4.69) is 5.32 Å². The van der Waals surface area contributed by atoms with E-state index in [0.29, 0.717) is 38.1 Å². The normalized spacial score (nSPS) is 10.9. The van der Waals surface area contributed by atoms with Crippen LogP contribution in [0.2, 0.25) is 0 Å². The summed E-state index contributed by atoms with van der Waals surface area (Å²) in [6.45, 7) is 11.5. The average molecular weight is 272 g/mol. The van der Waals surface area contributed by atoms with Gasteiger partial charge in [0.1, 0.15) is 6.54 Å². The minimum absolute atomic E-state index is 0.00472. The fraction of sp³-hybridized carbons (Fsp3) is 0.857. The van der Waals surface area contributed by atoms with Crippen LogP contribution in [-0.4, -0.2) is 49.1 Å². The lowest BCUT2D eigenvalue weighted by Crippen LogP contribution is -2.40. The molecule has 0 aromatic carbocycles. The molecule has 0 fully saturated rings. The van der Waals surface area contributed by atoms with Crippen molar-refractivity contribution >= 4 is 11.9 Å². The smallest absolute Gasteiger partial charge is 0.325 e. The second-order valence-electron chi connectivity index (χ2n) is 5.33. The highest BCUT2D eigenvalue weighted by Crippen LogP contribution is 2.02. The zero-order valence-electron chi connectivity index (χ0n) is 12.9. The first-order chi connectivity index (χ1) is 8.86. The summed E-state index contributed by atoms with van der Waals surface area (Å²) in [5, 5.41) is 3.20. The molecule has 0 saturated carbocycles. The van der Waals surface area contributed by atoms with Crippen LogP contribution in [0.25, 0.3) is 0 Å². The van der Waals surface area contributed by atoms with Crippen molar-refractivity contribution in [1.82, 2.24) is 10.2 Å². The Morgan fingerprint density at radius 1 is 1.21 bits per heavy atom. The van der Waals surface area contributed by atoms with Crippen LogP contribution >= 0.6 is 0 Å². The molecule has 112 valence electrons. The van der Waals surface area contributed by atoms with Gasteiger partial charge in [0, 0.05) is 25.6 Å². The van der Waals surface area contributed by atoms with E-state index in [0.717, 1.165) is 0 Å². The second kappa shape index (κ2) is 9.78. The van der Waals surface area contributed by atoms with Crippen LogP contribution in [0.3, 0.4) is 0 Å². The molecule has 0 aromatic heterocycles. The van der Waals surface area contributed by atoms with Crippen molar-refractivity contribution in [3.05, 3.63) is 0 Å². The molecule has 0 heterocycles. The number of rotatable bonds is 9. The van der Waals surface area contributed by atoms with Crippen molar-refractivity contribution in [2.24, 2.45) is 5.92 Å². The highest BCUT2D eigenvalue weighted by atomic mass is 16.5. The van der Waals surface area contributed by atoms with Crippen LogP contribution in [0.1, 0.15) is 41.0 Å². The fourth-order valence-corrected chi connectivity index (χ4v) is 1.68. The lowest BCUT2D eigenvalue weighted by Gasteiger charge is -2.24. The van der Waals surface area contributed by atoms with Crippen LogP contribution in [-0.2, 0) is 14.3 Å². The maximum absolute atomic E-state index is 12.1. The van der Waals surface area contributed by atoms with Gasteiger partial charge in [0.2, 0.25) is 5.91 Å². The van der Waals surface area contributed by atoms with Gasteiger partial charge in [0.15, 0.2) is 0 Å². The second-order valence-corrected chi connectivity index (χ2v) is 5.33. The van der Waals surface area contributed by atoms with Crippen molar-refractivity contribution in [3.8, 4) is 0 Å². The molecular weight excluding hydrogens is 244 g/mol. The lowest BCUT2D eigenvalue weighted by atomic mass is 10.2. The van der Waals surface area contributed by atoms with Crippen LogP contribution in [0.4, 0.5) is 0 Å². The van der Waals surface area contributed by atoms with Gasteiger partial charge in [0.25, 0.3) is 0 Å². The Hall–Kier alpha value is -1.10. The summed E-state index contributed by atoms with van der Waals surface area (Å²) < 4.78 is 4.90. The Bertz CT molecular complexity index is 278. The maximum Gasteiger partial charge on any atom is 0.325 e. The van der Waals surface area contributed by atoms with Crippen molar-refractivity contribution in [1.29, 1.82) is 0 Å². The Kier molecular flexibility index (Phi) is 9.21. The Labute approximate surface area is 116 Å². The lowest BCUT2D eigenvalue weighted by molar-refractivity contribution is -0.149. The summed E-state index contributed by atoms with van der Waals surface area (Å²) in [4.78, 5) is 25.2. The van der Waals surface area contributed by atoms with Gasteiger partial charge < -0.3 is 15.0 Å². The molecule has 0 atom stereocenters. The summed E-state index contributed by atoms with van der Waals surface area (Å²) in [5.74, 6) is -0.0142. The third-order valence-electron chi connectivity index (χ3n) is 2.45. The highest BCUT2D eigenvalue weighted by molar-refractivity contribution is 5.82. The van der Waals surface area contributed by atoms with Crippen LogP contribution in [0.15, 0.2) is 0 Å². The van der Waals surface area contributed by atoms with Gasteiger partial charge in [-0.25, -0.2) is 0 Å². The molecular formula is C14H28N2O3. The minimum atomic E-state index is -0.340. The number of ether oxygens (including phenoxy) is 1. The molecule has 0 rings (SSSR count). The third kappa shape index (κ3) is 9.47. The summed E-state index contributed by atoms with van der Waals surface area (Å²) in [6, 6.07) is 0.358. The van der Waals surface area contributed by atoms with Gasteiger partial charge in [0.05, 0.1) is 6.61 Å². The Morgan fingerprint density at radius 2 is 1.84 bits per heavy atom. The monoisotopic (exact) mass is 272 g/mol. The van der Waals surface area contributed by atoms with Crippen LogP contribution in [0.5, 0.6) is 0 Å². The average Bonchev–Trinajstić information content (AvgIpc) is 2.27. The Balaban J connectivity index is 4.30. The van der Waals surface area contributed by atoms with E-state index >= 15 is 0 Å². The summed E-state index contributed by atoms with van der Waals surface area (Å²) in [5.41, 5.74) is 0. The molecule has 0 unspecified atom stereocenters. The summed E-state index contributed by atoms with van der Waals surface area (Å²) in [7, 11) is 0. The molecule has 0 aliphatic carbocycles. The molecule has 1 amide bonds. The molecule has 0 radical (unpaired) electrons. The molecule has 5 heteroatoms. The topological polar surface area (TPSA) is 58.6 Å². The van der Waals surface area contributed by atoms with Crippen molar-refractivity contribution in [3.63, 3.8) is 0 Å². The number of hydrogen-bond acceptors (Lipinski definition) is 4. The number of amides is 1. The summed E-state index contributed by atoms with van der Waals surface area (Å²) in [6.07, 6.45) is 0.407. The minimum Gasteiger partial charge on any atom is -0.465 e. The highest BCUT2D eigenvalue weighted by Gasteiger charge is 2.18. The molecule has 0 saturated heterocycles. The van der Waals surface area contributed by atoms with Gasteiger partial charge in [-0.15, -0.1) is 0 Å². The SMILES string of the molecule is CCOC(=O)CN(CC(C)C)C(=O)CCNC(C)C. The fourth-order valence-electron chi connectivity index (χ4n) is 1.68. The quantitative estimate of drug-likeness (QED) is 0.645. The predicted molar refractivity (Wildman–Crippen MR) is 75.8 cm³/mol. The zero-order chi connectivity index (χ0) is 14.8. The molecule has 1 N–H and O–H groups in total. The van der Waals surface area contributed by atoms with Gasteiger partial charge in [-0.2, -0.15) is 0 Å². The third-order valence-corrected chi connectivity index (χ3v) is 2.45. The zero-order valence-corrected chi connectivity index (χ0v) is 12.9. The van der Waals surface area contributed by atoms with Crippen molar-refractivity contribution in [2.75, 3.05) is 26.2 Å². The van der Waals surface area contributed by atoms with E-state index < -0.39 is 0 Å². The van der Waals surface area contributed by atoms with Gasteiger partial charge in [-0.1, -0.05) is 27.7 Å². The molecule has 0 spiro atoms. The molecule has 5 nitrogen and oxygen atoms in total. The van der Waals surface area contributed by atoms with Gasteiger partial charge in [-0.05, 0) is 12.8 Å². The first-order valence-electron chi connectivity index (χ1n) is 7.03. The van der Waals surface area contributed by atoms with Gasteiger partial charge in [-0.3, -0.25) is 9.59 Å². The standard InChI is InChI=1S/C14H28N2O3/c1-6-19-14(18)10-16(9-11(2)3)13(17)7-8-15-12(4)5/h11-12,15H,6-10H2,1-5H3. The molecule has 0 aromatic rings. The predicted octanol–water partition coefficient (Wildman–Crippen LogP) is 1.42. The maximum atomic E-state index is 12.1. The summed E-state index contributed by atoms with van der Waals surface area (Å²) >= 11 is 0. The van der Waals surface area contributed by atoms with Gasteiger partial charge >= 0.3 is 5.97 Å². The number of nitrogens with one attached hydrogen (secondary N) is 1. The number of esters is 1. The Morgan fingerprint density at radius 3 is 2.32 bits per heavy atom. The van der Waals surface area contributed by atoms with Crippen molar-refractivity contribution < 1.29 is 14.3 Å². The number of carbonyl (C=O) groups is 2. The van der Waals surface area contributed by atoms with E-state index in [-0.39, 0.29) is 18.4 Å². The largest absolute Gasteiger partial charge is 0.465 e. The van der Waals surface area contributed by atoms with E-state index in [4.69, 9.17) is 4.74 Å². The van der Waals surface area contributed by atoms with E-state index in [1.54, 1.807) is 11.8 Å². The molecule has 0 aliphatic heterocycles. The number of hydrogen-bond donors (Lipinski definition) is 1. The molecule has 0 aliphatic rings. The van der Waals surface area contributed by atoms with E-state index in [9.17, 15) is 9.59 Å². The molecule has 0 bridgehead atoms. The van der Waals surface area contributed by atoms with E-state index in [1.165, 1.54) is 0 Å². The van der Waals surface area contributed by atoms with E-state index in [1.807, 2.05) is 27.7 Å². The number of nitrogens with zero attached hydrogens (tertiary/aromatic N) is 1. The first-order valence-corrected chi connectivity index (χ1v) is 7.03. The van der Waals surface area contributed by atoms with Crippen molar-refractivity contribution in [2.45, 2.75) is 47.1 Å². The number of carbonyl (C=O) groups excluding carboxylic acids is 2. The van der Waals surface area contributed by atoms with Crippen LogP contribution < -0.4 is 5.32 Å². The van der Waals surface area contributed by atoms with Crippen LogP contribution in [0, 0.1) is 5.92 Å². The molecule has 19 heavy (non-hydrogen) atoms.